The molecule has 1 atom stereocenters. The lowest BCUT2D eigenvalue weighted by molar-refractivity contribution is 0.0951. The van der Waals surface area contributed by atoms with E-state index in [9.17, 15) is 9.18 Å². The average molecular weight is 225 g/mol. The highest BCUT2D eigenvalue weighted by Gasteiger charge is 2.62. The second kappa shape index (κ2) is 3.04. The molecule has 15 heavy (non-hydrogen) atoms. The molecule has 3 rings (SSSR count). The summed E-state index contributed by atoms with van der Waals surface area (Å²) in [6, 6.07) is 1.33. The molecule has 4 heteroatoms. The Morgan fingerprint density at radius 1 is 1.67 bits per heavy atom. The summed E-state index contributed by atoms with van der Waals surface area (Å²) >= 11 is 1.16. The van der Waals surface area contributed by atoms with Crippen molar-refractivity contribution in [1.82, 2.24) is 5.32 Å². The summed E-state index contributed by atoms with van der Waals surface area (Å²) in [7, 11) is 0. The molecule has 0 aromatic carbocycles. The predicted molar refractivity (Wildman–Crippen MR) is 56.4 cm³/mol. The molecule has 2 aliphatic carbocycles. The Morgan fingerprint density at radius 2 is 2.47 bits per heavy atom. The van der Waals surface area contributed by atoms with Gasteiger partial charge in [0.1, 0.15) is 10.7 Å². The monoisotopic (exact) mass is 225 g/mol. The van der Waals surface area contributed by atoms with Crippen LogP contribution >= 0.6 is 11.3 Å². The predicted octanol–water partition coefficient (Wildman–Crippen LogP) is 2.42. The lowest BCUT2D eigenvalue weighted by Crippen LogP contribution is -2.25. The van der Waals surface area contributed by atoms with Gasteiger partial charge in [-0.1, -0.05) is 0 Å². The molecule has 0 bridgehead atoms. The summed E-state index contributed by atoms with van der Waals surface area (Å²) in [5.74, 6) is -0.0101. The van der Waals surface area contributed by atoms with Gasteiger partial charge in [0.05, 0.1) is 0 Å². The summed E-state index contributed by atoms with van der Waals surface area (Å²) in [5, 5.41) is 4.42. The summed E-state index contributed by atoms with van der Waals surface area (Å²) < 4.78 is 13.1. The highest BCUT2D eigenvalue weighted by Crippen LogP contribution is 2.70. The molecular weight excluding hydrogens is 213 g/mol. The van der Waals surface area contributed by atoms with Crippen molar-refractivity contribution in [2.45, 2.75) is 19.3 Å². The zero-order valence-corrected chi connectivity index (χ0v) is 9.07. The van der Waals surface area contributed by atoms with E-state index in [1.54, 1.807) is 5.38 Å². The van der Waals surface area contributed by atoms with E-state index in [1.807, 2.05) is 0 Å². The van der Waals surface area contributed by atoms with E-state index in [0.717, 1.165) is 17.9 Å². The van der Waals surface area contributed by atoms with Crippen LogP contribution in [-0.2, 0) is 0 Å². The molecule has 1 N–H and O–H groups in total. The summed E-state index contributed by atoms with van der Waals surface area (Å²) in [4.78, 5) is 11.8. The van der Waals surface area contributed by atoms with Crippen LogP contribution < -0.4 is 5.32 Å². The molecule has 2 saturated carbocycles. The minimum Gasteiger partial charge on any atom is -0.351 e. The van der Waals surface area contributed by atoms with Crippen LogP contribution in [0.2, 0.25) is 0 Å². The van der Waals surface area contributed by atoms with E-state index >= 15 is 0 Å². The third-order valence-electron chi connectivity index (χ3n) is 3.58. The molecule has 1 amide bonds. The van der Waals surface area contributed by atoms with Crippen molar-refractivity contribution in [1.29, 1.82) is 0 Å². The number of amides is 1. The maximum absolute atomic E-state index is 13.1. The molecule has 1 aromatic heterocycles. The average Bonchev–Trinajstić information content (AvgIpc) is 3.10. The lowest BCUT2D eigenvalue weighted by atomic mass is 10.3. The van der Waals surface area contributed by atoms with Gasteiger partial charge in [-0.2, -0.15) is 0 Å². The fraction of sp³-hybridized carbons (Fsp3) is 0.545. The van der Waals surface area contributed by atoms with E-state index in [1.165, 1.54) is 25.3 Å². The van der Waals surface area contributed by atoms with Gasteiger partial charge in [0.25, 0.3) is 5.91 Å². The van der Waals surface area contributed by atoms with E-state index in [4.69, 9.17) is 0 Å². The van der Waals surface area contributed by atoms with Crippen LogP contribution in [0.4, 0.5) is 4.39 Å². The Morgan fingerprint density at radius 3 is 3.00 bits per heavy atom. The Hall–Kier alpha value is -0.900. The van der Waals surface area contributed by atoms with Gasteiger partial charge in [-0.15, -0.1) is 11.3 Å². The largest absolute Gasteiger partial charge is 0.351 e. The van der Waals surface area contributed by atoms with Crippen molar-refractivity contribution in [2.24, 2.45) is 11.3 Å². The van der Waals surface area contributed by atoms with Gasteiger partial charge in [0.15, 0.2) is 0 Å². The number of hydrogen-bond acceptors (Lipinski definition) is 2. The third kappa shape index (κ3) is 1.57. The molecule has 0 aliphatic heterocycles. The summed E-state index contributed by atoms with van der Waals surface area (Å²) in [6.07, 6.45) is 3.89. The molecule has 0 radical (unpaired) electrons. The first-order chi connectivity index (χ1) is 7.21. The van der Waals surface area contributed by atoms with Crippen molar-refractivity contribution < 1.29 is 9.18 Å². The Labute approximate surface area is 91.5 Å². The quantitative estimate of drug-likeness (QED) is 0.841. The van der Waals surface area contributed by atoms with Gasteiger partial charge in [-0.3, -0.25) is 4.79 Å². The van der Waals surface area contributed by atoms with E-state index in [2.05, 4.69) is 5.32 Å². The number of hydrogen-bond donors (Lipinski definition) is 1. The van der Waals surface area contributed by atoms with Crippen LogP contribution in [0.3, 0.4) is 0 Å². The van der Waals surface area contributed by atoms with Crippen LogP contribution in [0.1, 0.15) is 28.9 Å². The van der Waals surface area contributed by atoms with E-state index < -0.39 is 5.82 Å². The fourth-order valence-corrected chi connectivity index (χ4v) is 2.93. The van der Waals surface area contributed by atoms with Gasteiger partial charge in [0, 0.05) is 6.54 Å². The standard InChI is InChI=1S/C11H12FNOS/c12-8-1-4-15-9(8)10(14)13-6-7-5-11(7)2-3-11/h1,4,7H,2-3,5-6H2,(H,13,14)/t7-/m0/s1. The van der Waals surface area contributed by atoms with E-state index in [0.29, 0.717) is 11.3 Å². The Kier molecular flexibility index (Phi) is 1.89. The number of carbonyl (C=O) groups excluding carboxylic acids is 1. The van der Waals surface area contributed by atoms with Crippen molar-refractivity contribution in [3.8, 4) is 0 Å². The minimum atomic E-state index is -0.408. The van der Waals surface area contributed by atoms with Gasteiger partial charge in [-0.05, 0) is 42.0 Å². The molecule has 1 spiro atoms. The summed E-state index contributed by atoms with van der Waals surface area (Å²) in [5.41, 5.74) is 0.598. The number of rotatable bonds is 3. The maximum Gasteiger partial charge on any atom is 0.264 e. The van der Waals surface area contributed by atoms with E-state index in [-0.39, 0.29) is 10.8 Å². The van der Waals surface area contributed by atoms with Crippen LogP contribution in [0.5, 0.6) is 0 Å². The normalized spacial score (nSPS) is 25.3. The van der Waals surface area contributed by atoms with Crippen molar-refractivity contribution in [3.63, 3.8) is 0 Å². The first-order valence-corrected chi connectivity index (χ1v) is 6.10. The maximum atomic E-state index is 13.1. The molecular formula is C11H12FNOS. The SMILES string of the molecule is O=C(NC[C@@H]1CC12CC2)c1sccc1F. The second-order valence-corrected chi connectivity index (χ2v) is 5.49. The zero-order chi connectivity index (χ0) is 10.5. The highest BCUT2D eigenvalue weighted by atomic mass is 32.1. The van der Waals surface area contributed by atoms with Crippen molar-refractivity contribution in [3.05, 3.63) is 22.1 Å². The van der Waals surface area contributed by atoms with Crippen molar-refractivity contribution in [2.75, 3.05) is 6.54 Å². The van der Waals surface area contributed by atoms with Crippen molar-refractivity contribution >= 4 is 17.2 Å². The number of nitrogens with one attached hydrogen (secondary N) is 1. The Bertz CT molecular complexity index is 410. The molecule has 2 aliphatic rings. The molecule has 0 saturated heterocycles. The molecule has 80 valence electrons. The smallest absolute Gasteiger partial charge is 0.264 e. The molecule has 1 heterocycles. The van der Waals surface area contributed by atoms with Gasteiger partial charge in [0.2, 0.25) is 0 Å². The van der Waals surface area contributed by atoms with Gasteiger partial charge in [-0.25, -0.2) is 4.39 Å². The lowest BCUT2D eigenvalue weighted by Gasteiger charge is -2.02. The van der Waals surface area contributed by atoms with Gasteiger partial charge >= 0.3 is 0 Å². The third-order valence-corrected chi connectivity index (χ3v) is 4.47. The number of thiophene rings is 1. The Balaban J connectivity index is 1.55. The number of halogens is 1. The molecule has 1 aromatic rings. The first-order valence-electron chi connectivity index (χ1n) is 5.22. The first kappa shape index (κ1) is 9.33. The molecule has 2 fully saturated rings. The number of carbonyl (C=O) groups is 1. The highest BCUT2D eigenvalue weighted by molar-refractivity contribution is 7.12. The minimum absolute atomic E-state index is 0.209. The van der Waals surface area contributed by atoms with Gasteiger partial charge < -0.3 is 5.32 Å². The summed E-state index contributed by atoms with van der Waals surface area (Å²) in [6.45, 7) is 0.718. The molecule has 0 unspecified atom stereocenters. The van der Waals surface area contributed by atoms with Crippen LogP contribution in [-0.4, -0.2) is 12.5 Å². The molecule has 2 nitrogen and oxygen atoms in total. The second-order valence-electron chi connectivity index (χ2n) is 4.57. The topological polar surface area (TPSA) is 29.1 Å². The zero-order valence-electron chi connectivity index (χ0n) is 8.25. The van der Waals surface area contributed by atoms with Crippen LogP contribution in [0.25, 0.3) is 0 Å². The van der Waals surface area contributed by atoms with Crippen LogP contribution in [0, 0.1) is 17.2 Å². The fourth-order valence-electron chi connectivity index (χ4n) is 2.25. The van der Waals surface area contributed by atoms with Crippen LogP contribution in [0.15, 0.2) is 11.4 Å².